The number of aliphatic hydroxyl groups excluding tert-OH is 1. The monoisotopic (exact) mass is 419 g/mol. The number of benzene rings is 2. The molecule has 1 unspecified atom stereocenters. The second-order valence-corrected chi connectivity index (χ2v) is 9.38. The van der Waals surface area contributed by atoms with Gasteiger partial charge < -0.3 is 10.1 Å². The topological polar surface area (TPSA) is 36.0 Å². The number of hydrogen-bond acceptors (Lipinski definition) is 1. The summed E-state index contributed by atoms with van der Waals surface area (Å²) in [6.45, 7) is 4.62. The average Bonchev–Trinajstić information content (AvgIpc) is 3.08. The molecule has 2 aromatic carbocycles. The lowest BCUT2D eigenvalue weighted by molar-refractivity contribution is 0.211. The molecule has 0 aliphatic heterocycles. The van der Waals surface area contributed by atoms with E-state index in [4.69, 9.17) is 5.11 Å². The summed E-state index contributed by atoms with van der Waals surface area (Å²) in [7, 11) is 0. The molecular formula is C28H34FNO. The highest BCUT2D eigenvalue weighted by Crippen LogP contribution is 2.36. The molecule has 2 nitrogen and oxygen atoms in total. The molecule has 0 radical (unpaired) electrons. The van der Waals surface area contributed by atoms with Gasteiger partial charge in [-0.15, -0.1) is 0 Å². The molecule has 1 atom stereocenters. The molecule has 2 N–H and O–H groups in total. The number of aryl methyl sites for hydroxylation is 2. The molecule has 5 rings (SSSR count). The summed E-state index contributed by atoms with van der Waals surface area (Å²) in [5.41, 5.74) is 7.25. The first-order chi connectivity index (χ1) is 15.0. The van der Waals surface area contributed by atoms with Gasteiger partial charge in [0, 0.05) is 22.7 Å². The Hall–Kier alpha value is -2.55. The van der Waals surface area contributed by atoms with Gasteiger partial charge in [0.05, 0.1) is 6.26 Å². The number of halogens is 1. The highest BCUT2D eigenvalue weighted by atomic mass is 19.1. The van der Waals surface area contributed by atoms with Crippen LogP contribution < -0.4 is 0 Å². The molecule has 2 aliphatic rings. The second kappa shape index (κ2) is 9.72. The standard InChI is InChI=1S/C23H26FN.C5H8O/c1-15(17-4-3-5-17)6-8-18-12-19(9-7-16(18)2)22-14-25-23-13-20(24)10-11-21(22)23;6-4-5-2-1-3-5/h7,9-15,17,25H,3-6,8H2,1-2H3;4,6H,1-3H2. The molecule has 3 heteroatoms. The molecule has 1 heterocycles. The zero-order valence-corrected chi connectivity index (χ0v) is 18.8. The predicted molar refractivity (Wildman–Crippen MR) is 128 cm³/mol. The number of rotatable bonds is 5. The van der Waals surface area contributed by atoms with Crippen LogP contribution >= 0.6 is 0 Å². The Morgan fingerprint density at radius 3 is 2.55 bits per heavy atom. The molecule has 0 spiro atoms. The lowest BCUT2D eigenvalue weighted by Gasteiger charge is -2.31. The van der Waals surface area contributed by atoms with E-state index in [2.05, 4.69) is 37.0 Å². The van der Waals surface area contributed by atoms with E-state index >= 15 is 0 Å². The molecule has 0 bridgehead atoms. The van der Waals surface area contributed by atoms with Crippen LogP contribution in [0.4, 0.5) is 4.39 Å². The Kier molecular flexibility index (Phi) is 6.80. The molecule has 2 aliphatic carbocycles. The molecule has 2 saturated carbocycles. The average molecular weight is 420 g/mol. The van der Waals surface area contributed by atoms with Gasteiger partial charge in [-0.3, -0.25) is 0 Å². The minimum atomic E-state index is -0.199. The molecule has 3 aromatic rings. The van der Waals surface area contributed by atoms with E-state index in [-0.39, 0.29) is 5.82 Å². The van der Waals surface area contributed by atoms with E-state index in [1.165, 1.54) is 66.7 Å². The first-order valence-corrected chi connectivity index (χ1v) is 11.7. The van der Waals surface area contributed by atoms with Crippen molar-refractivity contribution in [1.82, 2.24) is 4.98 Å². The normalized spacial score (nSPS) is 16.8. The van der Waals surface area contributed by atoms with E-state index in [9.17, 15) is 4.39 Å². The van der Waals surface area contributed by atoms with Crippen molar-refractivity contribution >= 4 is 10.9 Å². The third-order valence-electron chi connectivity index (χ3n) is 7.31. The number of hydrogen-bond donors (Lipinski definition) is 2. The first-order valence-electron chi connectivity index (χ1n) is 11.7. The largest absolute Gasteiger partial charge is 0.516 e. The van der Waals surface area contributed by atoms with E-state index in [1.807, 2.05) is 12.3 Å². The van der Waals surface area contributed by atoms with Crippen LogP contribution in [0.3, 0.4) is 0 Å². The van der Waals surface area contributed by atoms with Gasteiger partial charge in [0.15, 0.2) is 0 Å². The number of allylic oxidation sites excluding steroid dienone is 1. The minimum Gasteiger partial charge on any atom is -0.516 e. The van der Waals surface area contributed by atoms with Gasteiger partial charge in [0.25, 0.3) is 0 Å². The van der Waals surface area contributed by atoms with E-state index in [0.29, 0.717) is 0 Å². The fraction of sp³-hybridized carbons (Fsp3) is 0.429. The first kappa shape index (κ1) is 21.7. The second-order valence-electron chi connectivity index (χ2n) is 9.38. The maximum Gasteiger partial charge on any atom is 0.125 e. The summed E-state index contributed by atoms with van der Waals surface area (Å²) >= 11 is 0. The van der Waals surface area contributed by atoms with Crippen LogP contribution in [-0.2, 0) is 6.42 Å². The summed E-state index contributed by atoms with van der Waals surface area (Å²) < 4.78 is 13.4. The number of fused-ring (bicyclic) bond motifs is 1. The Balaban J connectivity index is 0.000000334. The number of nitrogens with one attached hydrogen (secondary N) is 1. The summed E-state index contributed by atoms with van der Waals surface area (Å²) in [6, 6.07) is 11.7. The van der Waals surface area contributed by atoms with Crippen LogP contribution in [-0.4, -0.2) is 10.1 Å². The fourth-order valence-corrected chi connectivity index (χ4v) is 4.58. The van der Waals surface area contributed by atoms with Crippen LogP contribution in [0.2, 0.25) is 0 Å². The smallest absolute Gasteiger partial charge is 0.125 e. The quantitative estimate of drug-likeness (QED) is 0.401. The van der Waals surface area contributed by atoms with Crippen molar-refractivity contribution in [2.75, 3.05) is 0 Å². The Labute approximate surface area is 185 Å². The molecule has 0 saturated heterocycles. The highest BCUT2D eigenvalue weighted by molar-refractivity contribution is 5.95. The molecule has 0 amide bonds. The number of aromatic amines is 1. The van der Waals surface area contributed by atoms with E-state index in [0.717, 1.165) is 47.6 Å². The third kappa shape index (κ3) is 5.03. The van der Waals surface area contributed by atoms with Crippen molar-refractivity contribution in [3.63, 3.8) is 0 Å². The minimum absolute atomic E-state index is 0.199. The highest BCUT2D eigenvalue weighted by Gasteiger charge is 2.23. The maximum atomic E-state index is 13.4. The fourth-order valence-electron chi connectivity index (χ4n) is 4.58. The SMILES string of the molecule is Cc1ccc(-c2c[nH]c3cc(F)ccc23)cc1CCC(C)C1CCC1.OC=C1CCC1. The molecule has 31 heavy (non-hydrogen) atoms. The lowest BCUT2D eigenvalue weighted by atomic mass is 9.74. The molecule has 2 fully saturated rings. The summed E-state index contributed by atoms with van der Waals surface area (Å²) in [6.07, 6.45) is 13.4. The van der Waals surface area contributed by atoms with Gasteiger partial charge in [-0.25, -0.2) is 4.39 Å². The van der Waals surface area contributed by atoms with Crippen LogP contribution in [0.25, 0.3) is 22.0 Å². The number of H-pyrrole nitrogens is 1. The van der Waals surface area contributed by atoms with Gasteiger partial charge in [0.1, 0.15) is 5.82 Å². The van der Waals surface area contributed by atoms with Crippen molar-refractivity contribution < 1.29 is 9.50 Å². The van der Waals surface area contributed by atoms with Gasteiger partial charge in [-0.1, -0.05) is 44.4 Å². The molecule has 164 valence electrons. The van der Waals surface area contributed by atoms with Crippen molar-refractivity contribution in [3.8, 4) is 11.1 Å². The van der Waals surface area contributed by atoms with Gasteiger partial charge >= 0.3 is 0 Å². The van der Waals surface area contributed by atoms with Crippen molar-refractivity contribution in [3.05, 3.63) is 71.4 Å². The molecule has 1 aromatic heterocycles. The van der Waals surface area contributed by atoms with Crippen LogP contribution in [0.15, 0.2) is 54.4 Å². The Bertz CT molecular complexity index is 1050. The van der Waals surface area contributed by atoms with Gasteiger partial charge in [0.2, 0.25) is 0 Å². The predicted octanol–water partition coefficient (Wildman–Crippen LogP) is 8.26. The van der Waals surface area contributed by atoms with Crippen LogP contribution in [0.5, 0.6) is 0 Å². The zero-order chi connectivity index (χ0) is 21.8. The zero-order valence-electron chi connectivity index (χ0n) is 18.8. The van der Waals surface area contributed by atoms with Crippen molar-refractivity contribution in [1.29, 1.82) is 0 Å². The van der Waals surface area contributed by atoms with Crippen molar-refractivity contribution in [2.24, 2.45) is 11.8 Å². The molecular weight excluding hydrogens is 385 g/mol. The van der Waals surface area contributed by atoms with Crippen LogP contribution in [0.1, 0.15) is 63.0 Å². The van der Waals surface area contributed by atoms with E-state index in [1.54, 1.807) is 6.07 Å². The van der Waals surface area contributed by atoms with E-state index < -0.39 is 0 Å². The Morgan fingerprint density at radius 2 is 1.94 bits per heavy atom. The lowest BCUT2D eigenvalue weighted by Crippen LogP contribution is -2.20. The maximum absolute atomic E-state index is 13.4. The van der Waals surface area contributed by atoms with Gasteiger partial charge in [-0.05, 0) is 91.3 Å². The van der Waals surface area contributed by atoms with Gasteiger partial charge in [-0.2, -0.15) is 0 Å². The summed E-state index contributed by atoms with van der Waals surface area (Å²) in [4.78, 5) is 3.20. The summed E-state index contributed by atoms with van der Waals surface area (Å²) in [5, 5.41) is 9.31. The Morgan fingerprint density at radius 1 is 1.13 bits per heavy atom. The number of aromatic nitrogens is 1. The summed E-state index contributed by atoms with van der Waals surface area (Å²) in [5.74, 6) is 1.58. The third-order valence-corrected chi connectivity index (χ3v) is 7.31. The number of aliphatic hydroxyl groups is 1. The van der Waals surface area contributed by atoms with Crippen LogP contribution in [0, 0.1) is 24.6 Å². The van der Waals surface area contributed by atoms with Crippen molar-refractivity contribution in [2.45, 2.75) is 65.2 Å².